The number of anilines is 1. The fourth-order valence-electron chi connectivity index (χ4n) is 3.03. The van der Waals surface area contributed by atoms with Gasteiger partial charge in [-0.3, -0.25) is 9.59 Å². The number of nitrogens with one attached hydrogen (secondary N) is 1. The van der Waals surface area contributed by atoms with Crippen molar-refractivity contribution >= 4 is 46.2 Å². The molecule has 2 rings (SSSR count). The summed E-state index contributed by atoms with van der Waals surface area (Å²) in [7, 11) is 3.95. The number of amides is 1. The van der Waals surface area contributed by atoms with Gasteiger partial charge in [-0.05, 0) is 23.6 Å². The second-order valence-corrected chi connectivity index (χ2v) is 10.3. The van der Waals surface area contributed by atoms with Gasteiger partial charge in [-0.1, -0.05) is 68.1 Å². The van der Waals surface area contributed by atoms with Gasteiger partial charge >= 0.3 is 5.97 Å². The fourth-order valence-corrected chi connectivity index (χ4v) is 5.21. The Hall–Kier alpha value is -2.45. The van der Waals surface area contributed by atoms with Crippen molar-refractivity contribution < 1.29 is 19.5 Å². The minimum Gasteiger partial charge on any atom is -0.480 e. The third-order valence-corrected chi connectivity index (χ3v) is 7.30. The summed E-state index contributed by atoms with van der Waals surface area (Å²) in [4.78, 5) is 39.0. The molecule has 8 heteroatoms. The molecule has 33 heavy (non-hydrogen) atoms. The second kappa shape index (κ2) is 13.3. The van der Waals surface area contributed by atoms with Crippen LogP contribution in [0.2, 0.25) is 0 Å². The van der Waals surface area contributed by atoms with E-state index < -0.39 is 17.9 Å². The highest BCUT2D eigenvalue weighted by atomic mass is 32.2. The van der Waals surface area contributed by atoms with Crippen molar-refractivity contribution in [2.24, 2.45) is 11.8 Å². The topological polar surface area (TPSA) is 86.7 Å². The van der Waals surface area contributed by atoms with Crippen LogP contribution in [-0.4, -0.2) is 53.7 Å². The third kappa shape index (κ3) is 8.78. The van der Waals surface area contributed by atoms with Crippen molar-refractivity contribution in [1.82, 2.24) is 5.32 Å². The zero-order chi connectivity index (χ0) is 24.4. The van der Waals surface area contributed by atoms with Gasteiger partial charge in [-0.25, -0.2) is 4.79 Å². The van der Waals surface area contributed by atoms with Gasteiger partial charge in [0.2, 0.25) is 11.0 Å². The highest BCUT2D eigenvalue weighted by molar-refractivity contribution is 8.14. The monoisotopic (exact) mass is 488 g/mol. The van der Waals surface area contributed by atoms with E-state index in [0.717, 1.165) is 23.0 Å². The number of carboxylic acid groups (broad SMARTS) is 1. The molecule has 0 aliphatic carbocycles. The molecule has 2 N–H and O–H groups in total. The lowest BCUT2D eigenvalue weighted by Gasteiger charge is -2.22. The largest absolute Gasteiger partial charge is 0.480 e. The van der Waals surface area contributed by atoms with Crippen LogP contribution in [-0.2, 0) is 15.3 Å². The summed E-state index contributed by atoms with van der Waals surface area (Å²) in [6.45, 7) is 3.80. The van der Waals surface area contributed by atoms with Gasteiger partial charge in [0.25, 0.3) is 0 Å². The zero-order valence-electron chi connectivity index (χ0n) is 19.5. The van der Waals surface area contributed by atoms with Crippen molar-refractivity contribution in [2.45, 2.75) is 25.6 Å². The predicted molar refractivity (Wildman–Crippen MR) is 138 cm³/mol. The van der Waals surface area contributed by atoms with Gasteiger partial charge in [0, 0.05) is 48.5 Å². The van der Waals surface area contributed by atoms with Crippen molar-refractivity contribution in [2.75, 3.05) is 30.5 Å². The number of benzene rings is 2. The summed E-state index contributed by atoms with van der Waals surface area (Å²) in [5.74, 6) is -0.670. The van der Waals surface area contributed by atoms with Gasteiger partial charge < -0.3 is 15.3 Å². The van der Waals surface area contributed by atoms with E-state index in [0.29, 0.717) is 17.1 Å². The molecule has 1 amide bonds. The van der Waals surface area contributed by atoms with Crippen LogP contribution < -0.4 is 10.2 Å². The van der Waals surface area contributed by atoms with Crippen molar-refractivity contribution in [3.05, 3.63) is 65.7 Å². The van der Waals surface area contributed by atoms with Gasteiger partial charge in [0.15, 0.2) is 0 Å². The summed E-state index contributed by atoms with van der Waals surface area (Å²) in [6.07, 6.45) is 0. The zero-order valence-corrected chi connectivity index (χ0v) is 21.1. The predicted octanol–water partition coefficient (Wildman–Crippen LogP) is 4.40. The number of hydrogen-bond donors (Lipinski definition) is 2. The molecule has 2 aromatic rings. The van der Waals surface area contributed by atoms with E-state index >= 15 is 0 Å². The number of nitrogens with zero attached hydrogens (tertiary/aromatic N) is 1. The molecule has 1 unspecified atom stereocenters. The molecule has 178 valence electrons. The van der Waals surface area contributed by atoms with Crippen LogP contribution in [0.5, 0.6) is 0 Å². The maximum Gasteiger partial charge on any atom is 0.327 e. The highest BCUT2D eigenvalue weighted by Crippen LogP contribution is 2.22. The lowest BCUT2D eigenvalue weighted by Crippen LogP contribution is -2.46. The Morgan fingerprint density at radius 2 is 1.61 bits per heavy atom. The van der Waals surface area contributed by atoms with E-state index in [1.807, 2.05) is 63.2 Å². The van der Waals surface area contributed by atoms with Crippen LogP contribution in [0.25, 0.3) is 0 Å². The van der Waals surface area contributed by atoms with Crippen LogP contribution in [0.1, 0.15) is 29.8 Å². The van der Waals surface area contributed by atoms with E-state index in [2.05, 4.69) is 5.32 Å². The Bertz CT molecular complexity index is 918. The van der Waals surface area contributed by atoms with Gasteiger partial charge in [0.05, 0.1) is 0 Å². The van der Waals surface area contributed by atoms with Crippen LogP contribution in [0, 0.1) is 11.8 Å². The van der Waals surface area contributed by atoms with Crippen LogP contribution in [0.4, 0.5) is 5.69 Å². The van der Waals surface area contributed by atoms with Crippen molar-refractivity contribution in [3.63, 3.8) is 0 Å². The molecular weight excluding hydrogens is 456 g/mol. The molecule has 0 aliphatic heterocycles. The fraction of sp³-hybridized carbons (Fsp3) is 0.400. The number of carbonyl (C=O) groups excluding carboxylic acids is 2. The minimum absolute atomic E-state index is 0.0293. The highest BCUT2D eigenvalue weighted by Gasteiger charge is 2.28. The van der Waals surface area contributed by atoms with E-state index in [1.165, 1.54) is 11.8 Å². The SMILES string of the molecule is CC(C)C(CSC(=O)c1ccccc1)C(=O)N[C@@H](CSCc1ccc(N(C)C)cc1)C(=O)O. The van der Waals surface area contributed by atoms with Crippen LogP contribution in [0.3, 0.4) is 0 Å². The van der Waals surface area contributed by atoms with E-state index in [1.54, 1.807) is 24.3 Å². The van der Waals surface area contributed by atoms with Crippen molar-refractivity contribution in [3.8, 4) is 0 Å². The van der Waals surface area contributed by atoms with Crippen molar-refractivity contribution in [1.29, 1.82) is 0 Å². The average molecular weight is 489 g/mol. The summed E-state index contributed by atoms with van der Waals surface area (Å²) in [6, 6.07) is 16.0. The molecule has 6 nitrogen and oxygen atoms in total. The summed E-state index contributed by atoms with van der Waals surface area (Å²) in [5.41, 5.74) is 2.78. The van der Waals surface area contributed by atoms with E-state index in [-0.39, 0.29) is 22.7 Å². The number of carboxylic acids is 1. The first-order chi connectivity index (χ1) is 15.7. The Morgan fingerprint density at radius 1 is 0.970 bits per heavy atom. The standard InChI is InChI=1S/C25H32N2O4S2/c1-17(2)21(15-33-25(31)19-8-6-5-7-9-19)23(28)26-22(24(29)30)16-32-14-18-10-12-20(13-11-18)27(3)4/h5-13,17,21-22H,14-16H2,1-4H3,(H,26,28)(H,29,30)/t21?,22-/m0/s1. The quantitative estimate of drug-likeness (QED) is 0.458. The normalized spacial score (nSPS) is 12.8. The molecule has 0 aromatic heterocycles. The summed E-state index contributed by atoms with van der Waals surface area (Å²) in [5, 5.41) is 12.2. The number of carbonyl (C=O) groups is 3. The van der Waals surface area contributed by atoms with Gasteiger partial charge in [0.1, 0.15) is 6.04 Å². The minimum atomic E-state index is -1.06. The molecule has 0 bridgehead atoms. The third-order valence-electron chi connectivity index (χ3n) is 5.17. The summed E-state index contributed by atoms with van der Waals surface area (Å²) < 4.78 is 0. The smallest absolute Gasteiger partial charge is 0.327 e. The molecular formula is C25H32N2O4S2. The molecule has 0 saturated heterocycles. The average Bonchev–Trinajstić information content (AvgIpc) is 2.79. The first-order valence-electron chi connectivity index (χ1n) is 10.8. The second-order valence-electron chi connectivity index (χ2n) is 8.29. The number of thioether (sulfide) groups is 2. The van der Waals surface area contributed by atoms with Gasteiger partial charge in [-0.15, -0.1) is 0 Å². The molecule has 2 atom stereocenters. The first kappa shape index (κ1) is 26.8. The van der Waals surface area contributed by atoms with E-state index in [4.69, 9.17) is 0 Å². The first-order valence-corrected chi connectivity index (χ1v) is 12.9. The van der Waals surface area contributed by atoms with Crippen LogP contribution in [0.15, 0.2) is 54.6 Å². The molecule has 0 spiro atoms. The molecule has 0 aliphatic rings. The summed E-state index contributed by atoms with van der Waals surface area (Å²) >= 11 is 2.56. The molecule has 0 heterocycles. The Labute approximate surface area is 204 Å². The molecule has 0 radical (unpaired) electrons. The lowest BCUT2D eigenvalue weighted by atomic mass is 9.97. The Kier molecular flexibility index (Phi) is 10.8. The Balaban J connectivity index is 1.90. The molecule has 0 saturated carbocycles. The maximum atomic E-state index is 12.9. The Morgan fingerprint density at radius 3 is 2.15 bits per heavy atom. The molecule has 0 fully saturated rings. The lowest BCUT2D eigenvalue weighted by molar-refractivity contribution is -0.141. The molecule has 2 aromatic carbocycles. The maximum absolute atomic E-state index is 12.9. The van der Waals surface area contributed by atoms with Gasteiger partial charge in [-0.2, -0.15) is 11.8 Å². The number of hydrogen-bond acceptors (Lipinski definition) is 6. The van der Waals surface area contributed by atoms with Crippen LogP contribution >= 0.6 is 23.5 Å². The number of rotatable bonds is 12. The van der Waals surface area contributed by atoms with E-state index in [9.17, 15) is 19.5 Å². The number of aliphatic carboxylic acids is 1.